The van der Waals surface area contributed by atoms with E-state index in [0.717, 1.165) is 25.0 Å². The van der Waals surface area contributed by atoms with Gasteiger partial charge in [0.2, 0.25) is 0 Å². The summed E-state index contributed by atoms with van der Waals surface area (Å²) in [6.45, 7) is 2.89. The Morgan fingerprint density at radius 2 is 1.48 bits per heavy atom. The number of ether oxygens (including phenoxy) is 1. The summed E-state index contributed by atoms with van der Waals surface area (Å²) in [6, 6.07) is 14.5. The van der Waals surface area contributed by atoms with Crippen LogP contribution in [-0.2, 0) is 0 Å². The van der Waals surface area contributed by atoms with Gasteiger partial charge in [0, 0.05) is 22.9 Å². The number of rotatable bonds is 10. The fourth-order valence-electron chi connectivity index (χ4n) is 3.85. The summed E-state index contributed by atoms with van der Waals surface area (Å²) < 4.78 is 5.73. The van der Waals surface area contributed by atoms with Crippen LogP contribution in [-0.4, -0.2) is 24.5 Å². The molecular weight excluding hydrogens is 388 g/mol. The van der Waals surface area contributed by atoms with Gasteiger partial charge in [0.05, 0.1) is 6.61 Å². The van der Waals surface area contributed by atoms with Crippen LogP contribution in [0.15, 0.2) is 48.5 Å². The van der Waals surface area contributed by atoms with E-state index in [1.54, 1.807) is 36.4 Å². The standard InChI is InChI=1S/C26H34N2O3/c1-2-3-4-8-19-31-24-17-13-21(14-18-24)26(30)28-23-15-11-20(12-16-23)25(29)27-22-9-6-5-7-10-22/h11-18,22H,2-10,19H2,1H3,(H,27,29)(H,28,30). The summed E-state index contributed by atoms with van der Waals surface area (Å²) in [7, 11) is 0. The number of nitrogens with one attached hydrogen (secondary N) is 2. The normalized spacial score (nSPS) is 14.1. The smallest absolute Gasteiger partial charge is 0.255 e. The Hall–Kier alpha value is -2.82. The first-order valence-electron chi connectivity index (χ1n) is 11.6. The zero-order chi connectivity index (χ0) is 21.9. The number of hydrogen-bond donors (Lipinski definition) is 2. The number of hydrogen-bond acceptors (Lipinski definition) is 3. The van der Waals surface area contributed by atoms with Crippen LogP contribution in [0.2, 0.25) is 0 Å². The third kappa shape index (κ3) is 7.42. The quantitative estimate of drug-likeness (QED) is 0.464. The highest BCUT2D eigenvalue weighted by Crippen LogP contribution is 2.19. The van der Waals surface area contributed by atoms with Gasteiger partial charge in [-0.15, -0.1) is 0 Å². The molecule has 0 atom stereocenters. The predicted molar refractivity (Wildman–Crippen MR) is 125 cm³/mol. The Labute approximate surface area is 185 Å². The van der Waals surface area contributed by atoms with Crippen LogP contribution >= 0.6 is 0 Å². The minimum absolute atomic E-state index is 0.0462. The van der Waals surface area contributed by atoms with Crippen LogP contribution in [0.5, 0.6) is 5.75 Å². The summed E-state index contributed by atoms with van der Waals surface area (Å²) in [5.74, 6) is 0.547. The Kier molecular flexibility index (Phi) is 8.95. The molecule has 166 valence electrons. The van der Waals surface area contributed by atoms with Gasteiger partial charge in [0.1, 0.15) is 5.75 Å². The molecule has 1 fully saturated rings. The van der Waals surface area contributed by atoms with E-state index in [-0.39, 0.29) is 17.9 Å². The second-order valence-corrected chi connectivity index (χ2v) is 8.27. The maximum Gasteiger partial charge on any atom is 0.255 e. The molecule has 2 aromatic carbocycles. The van der Waals surface area contributed by atoms with Crippen molar-refractivity contribution < 1.29 is 14.3 Å². The molecule has 1 saturated carbocycles. The third-order valence-corrected chi connectivity index (χ3v) is 5.73. The van der Waals surface area contributed by atoms with Gasteiger partial charge in [-0.2, -0.15) is 0 Å². The fraction of sp³-hybridized carbons (Fsp3) is 0.462. The van der Waals surface area contributed by atoms with Gasteiger partial charge in [0.15, 0.2) is 0 Å². The Bertz CT molecular complexity index is 825. The molecule has 0 bridgehead atoms. The first-order valence-corrected chi connectivity index (χ1v) is 11.6. The molecule has 1 aliphatic rings. The number of benzene rings is 2. The zero-order valence-electron chi connectivity index (χ0n) is 18.5. The van der Waals surface area contributed by atoms with Gasteiger partial charge in [-0.05, 0) is 67.8 Å². The zero-order valence-corrected chi connectivity index (χ0v) is 18.5. The monoisotopic (exact) mass is 422 g/mol. The van der Waals surface area contributed by atoms with Gasteiger partial charge in [-0.25, -0.2) is 0 Å². The van der Waals surface area contributed by atoms with E-state index in [9.17, 15) is 9.59 Å². The molecule has 0 unspecified atom stereocenters. The lowest BCUT2D eigenvalue weighted by Gasteiger charge is -2.22. The van der Waals surface area contributed by atoms with E-state index in [1.165, 1.54) is 38.5 Å². The molecular formula is C26H34N2O3. The Morgan fingerprint density at radius 3 is 2.16 bits per heavy atom. The number of carbonyl (C=O) groups is 2. The molecule has 31 heavy (non-hydrogen) atoms. The first kappa shape index (κ1) is 22.9. The van der Waals surface area contributed by atoms with Crippen molar-refractivity contribution in [3.63, 3.8) is 0 Å². The Balaban J connectivity index is 1.46. The summed E-state index contributed by atoms with van der Waals surface area (Å²) in [4.78, 5) is 24.9. The first-order chi connectivity index (χ1) is 15.2. The van der Waals surface area contributed by atoms with Crippen molar-refractivity contribution >= 4 is 17.5 Å². The largest absolute Gasteiger partial charge is 0.494 e. The van der Waals surface area contributed by atoms with Crippen molar-refractivity contribution in [3.05, 3.63) is 59.7 Å². The molecule has 1 aliphatic carbocycles. The van der Waals surface area contributed by atoms with Gasteiger partial charge >= 0.3 is 0 Å². The summed E-state index contributed by atoms with van der Waals surface area (Å²) in [6.07, 6.45) is 10.4. The molecule has 2 N–H and O–H groups in total. The summed E-state index contributed by atoms with van der Waals surface area (Å²) >= 11 is 0. The minimum Gasteiger partial charge on any atom is -0.494 e. The molecule has 0 aliphatic heterocycles. The van der Waals surface area contributed by atoms with E-state index >= 15 is 0 Å². The average Bonchev–Trinajstić information content (AvgIpc) is 2.80. The summed E-state index contributed by atoms with van der Waals surface area (Å²) in [5, 5.41) is 5.99. The van der Waals surface area contributed by atoms with Crippen LogP contribution in [0.25, 0.3) is 0 Å². The van der Waals surface area contributed by atoms with Crippen molar-refractivity contribution in [2.75, 3.05) is 11.9 Å². The van der Waals surface area contributed by atoms with Crippen molar-refractivity contribution in [2.24, 2.45) is 0 Å². The lowest BCUT2D eigenvalue weighted by atomic mass is 9.95. The molecule has 0 heterocycles. The third-order valence-electron chi connectivity index (χ3n) is 5.73. The van der Waals surface area contributed by atoms with E-state index in [0.29, 0.717) is 23.4 Å². The topological polar surface area (TPSA) is 67.4 Å². The molecule has 0 saturated heterocycles. The molecule has 5 nitrogen and oxygen atoms in total. The van der Waals surface area contributed by atoms with Crippen molar-refractivity contribution in [3.8, 4) is 5.75 Å². The van der Waals surface area contributed by atoms with E-state index < -0.39 is 0 Å². The van der Waals surface area contributed by atoms with E-state index in [1.807, 2.05) is 12.1 Å². The lowest BCUT2D eigenvalue weighted by molar-refractivity contribution is 0.0927. The van der Waals surface area contributed by atoms with Crippen LogP contribution < -0.4 is 15.4 Å². The molecule has 2 aromatic rings. The number of carbonyl (C=O) groups excluding carboxylic acids is 2. The number of amides is 2. The highest BCUT2D eigenvalue weighted by molar-refractivity contribution is 6.04. The van der Waals surface area contributed by atoms with Gasteiger partial charge in [0.25, 0.3) is 11.8 Å². The summed E-state index contributed by atoms with van der Waals surface area (Å²) in [5.41, 5.74) is 1.84. The van der Waals surface area contributed by atoms with Crippen LogP contribution in [0.4, 0.5) is 5.69 Å². The lowest BCUT2D eigenvalue weighted by Crippen LogP contribution is -2.36. The molecule has 0 aromatic heterocycles. The number of anilines is 1. The second-order valence-electron chi connectivity index (χ2n) is 8.27. The Morgan fingerprint density at radius 1 is 0.839 bits per heavy atom. The molecule has 3 rings (SSSR count). The number of unbranched alkanes of at least 4 members (excludes halogenated alkanes) is 3. The van der Waals surface area contributed by atoms with Crippen molar-refractivity contribution in [1.82, 2.24) is 5.32 Å². The molecule has 0 radical (unpaired) electrons. The maximum atomic E-state index is 12.5. The highest BCUT2D eigenvalue weighted by atomic mass is 16.5. The van der Waals surface area contributed by atoms with Gasteiger partial charge in [-0.3, -0.25) is 9.59 Å². The fourth-order valence-corrected chi connectivity index (χ4v) is 3.85. The molecule has 2 amide bonds. The maximum absolute atomic E-state index is 12.5. The van der Waals surface area contributed by atoms with Crippen molar-refractivity contribution in [1.29, 1.82) is 0 Å². The van der Waals surface area contributed by atoms with E-state index in [2.05, 4.69) is 17.6 Å². The highest BCUT2D eigenvalue weighted by Gasteiger charge is 2.16. The minimum atomic E-state index is -0.186. The van der Waals surface area contributed by atoms with Crippen LogP contribution in [0, 0.1) is 0 Å². The van der Waals surface area contributed by atoms with E-state index in [4.69, 9.17) is 4.74 Å². The SMILES string of the molecule is CCCCCCOc1ccc(C(=O)Nc2ccc(C(=O)NC3CCCCC3)cc2)cc1. The van der Waals surface area contributed by atoms with Gasteiger partial charge in [-0.1, -0.05) is 45.4 Å². The average molecular weight is 423 g/mol. The van der Waals surface area contributed by atoms with Crippen LogP contribution in [0.3, 0.4) is 0 Å². The predicted octanol–water partition coefficient (Wildman–Crippen LogP) is 5.96. The molecule has 0 spiro atoms. The second kappa shape index (κ2) is 12.1. The van der Waals surface area contributed by atoms with Gasteiger partial charge < -0.3 is 15.4 Å². The van der Waals surface area contributed by atoms with Crippen molar-refractivity contribution in [2.45, 2.75) is 70.8 Å². The molecule has 5 heteroatoms. The van der Waals surface area contributed by atoms with Crippen LogP contribution in [0.1, 0.15) is 85.4 Å².